The second-order valence-electron chi connectivity index (χ2n) is 7.16. The molecule has 0 aliphatic heterocycles. The van der Waals surface area contributed by atoms with E-state index in [-0.39, 0.29) is 32.4 Å². The summed E-state index contributed by atoms with van der Waals surface area (Å²) >= 11 is 0. The maximum absolute atomic E-state index is 13.1. The summed E-state index contributed by atoms with van der Waals surface area (Å²) in [5.74, 6) is 5.26. The molecule has 0 amide bonds. The number of nitrogen functional groups attached to an aromatic ring is 1. The average Bonchev–Trinajstić information content (AvgIpc) is 3.05. The van der Waals surface area contributed by atoms with Crippen LogP contribution in [0.5, 0.6) is 0 Å². The lowest BCUT2D eigenvalue weighted by atomic mass is 9.97. The molecule has 164 valence electrons. The summed E-state index contributed by atoms with van der Waals surface area (Å²) in [7, 11) is -5.93. The molecule has 1 atom stereocenters. The van der Waals surface area contributed by atoms with E-state index in [1.807, 2.05) is 0 Å². The van der Waals surface area contributed by atoms with Gasteiger partial charge < -0.3 is 16.5 Å². The first-order chi connectivity index (χ1) is 14.7. The molecule has 0 saturated heterocycles. The Morgan fingerprint density at radius 3 is 2.58 bits per heavy atom. The van der Waals surface area contributed by atoms with E-state index in [4.69, 9.17) is 22.4 Å². The van der Waals surface area contributed by atoms with Crippen molar-refractivity contribution in [1.82, 2.24) is 15.5 Å². The van der Waals surface area contributed by atoms with E-state index >= 15 is 0 Å². The van der Waals surface area contributed by atoms with Crippen molar-refractivity contribution in [2.45, 2.75) is 34.3 Å². The number of primary sulfonamides is 1. The maximum Gasteiger partial charge on any atom is 0.240 e. The zero-order chi connectivity index (χ0) is 22.3. The summed E-state index contributed by atoms with van der Waals surface area (Å²) in [6.45, 7) is 0. The predicted molar refractivity (Wildman–Crippen MR) is 119 cm³/mol. The maximum atomic E-state index is 13.1. The van der Waals surface area contributed by atoms with Gasteiger partial charge in [0, 0.05) is 16.4 Å². The number of aromatic nitrogens is 2. The molecule has 1 aromatic heterocycles. The molecule has 0 bridgehead atoms. The van der Waals surface area contributed by atoms with Crippen LogP contribution >= 0.6 is 0 Å². The molecule has 1 saturated carbocycles. The van der Waals surface area contributed by atoms with Crippen LogP contribution in [0.4, 0.5) is 5.95 Å². The van der Waals surface area contributed by atoms with E-state index in [0.29, 0.717) is 22.2 Å². The minimum atomic E-state index is -4.34. The molecule has 1 unspecified atom stereocenters. The van der Waals surface area contributed by atoms with Crippen molar-refractivity contribution in [3.8, 4) is 11.1 Å². The number of hydrogen-bond acceptors (Lipinski definition) is 8. The Kier molecular flexibility index (Phi) is 5.43. The summed E-state index contributed by atoms with van der Waals surface area (Å²) in [4.78, 5) is 6.98. The number of nitrogens with one attached hydrogen (secondary N) is 2. The van der Waals surface area contributed by atoms with Crippen molar-refractivity contribution < 1.29 is 12.6 Å². The molecule has 0 spiro atoms. The number of hydrazine groups is 1. The van der Waals surface area contributed by atoms with Gasteiger partial charge in [-0.1, -0.05) is 24.6 Å². The smallest absolute Gasteiger partial charge is 0.240 e. The largest absolute Gasteiger partial charge is 0.382 e. The van der Waals surface area contributed by atoms with E-state index < -0.39 is 20.8 Å². The van der Waals surface area contributed by atoms with Crippen molar-refractivity contribution in [2.75, 3.05) is 5.73 Å². The lowest BCUT2D eigenvalue weighted by molar-refractivity contribution is 0.504. The number of benzene rings is 2. The van der Waals surface area contributed by atoms with Gasteiger partial charge in [-0.3, -0.25) is 4.21 Å². The minimum Gasteiger partial charge on any atom is -0.382 e. The minimum absolute atomic E-state index is 0.000283. The summed E-state index contributed by atoms with van der Waals surface area (Å²) in [6.07, 6.45) is 2.43. The summed E-state index contributed by atoms with van der Waals surface area (Å²) in [5, 5.41) is 9.22. The molecule has 1 heterocycles. The first-order valence-corrected chi connectivity index (χ1v) is 12.1. The van der Waals surface area contributed by atoms with Crippen LogP contribution in [0.25, 0.3) is 22.2 Å². The Balaban J connectivity index is 2.09. The van der Waals surface area contributed by atoms with Crippen molar-refractivity contribution in [2.24, 2.45) is 21.8 Å². The number of fused-ring (bicyclic) bond motifs is 1. The van der Waals surface area contributed by atoms with Gasteiger partial charge >= 0.3 is 0 Å². The number of sulfonamides is 1. The summed E-state index contributed by atoms with van der Waals surface area (Å²) in [6, 6.07) is 8.41. The topological polar surface area (TPSA) is 208 Å². The van der Waals surface area contributed by atoms with Gasteiger partial charge in [-0.2, -0.15) is 0 Å². The predicted octanol–water partition coefficient (Wildman–Crippen LogP) is 0.203. The molecule has 1 aliphatic rings. The fourth-order valence-corrected chi connectivity index (χ4v) is 6.69. The average molecular weight is 463 g/mol. The Morgan fingerprint density at radius 2 is 1.97 bits per heavy atom. The molecule has 4 rings (SSSR count). The highest BCUT2D eigenvalue weighted by atomic mass is 32.2. The SMILES string of the molecule is NN/N=C(\N)c1c(-c2cccc3[nH]c(N)nc23)ccc(S(=O)C2CCC2)c1S(N)(=O)=O. The highest BCUT2D eigenvalue weighted by Gasteiger charge is 2.33. The van der Waals surface area contributed by atoms with Crippen LogP contribution in [0.3, 0.4) is 0 Å². The second kappa shape index (κ2) is 7.92. The molecule has 13 heteroatoms. The number of hydrogen-bond donors (Lipinski definition) is 6. The zero-order valence-electron chi connectivity index (χ0n) is 16.3. The number of hydrazone groups is 1. The Labute approximate surface area is 180 Å². The van der Waals surface area contributed by atoms with Crippen LogP contribution in [-0.2, 0) is 20.8 Å². The Hall–Kier alpha value is -3.00. The molecule has 11 nitrogen and oxygen atoms in total. The highest BCUT2D eigenvalue weighted by molar-refractivity contribution is 7.91. The van der Waals surface area contributed by atoms with Crippen molar-refractivity contribution >= 4 is 43.6 Å². The van der Waals surface area contributed by atoms with Crippen LogP contribution in [0.15, 0.2) is 45.2 Å². The monoisotopic (exact) mass is 462 g/mol. The van der Waals surface area contributed by atoms with Gasteiger partial charge in [-0.25, -0.2) is 29.9 Å². The van der Waals surface area contributed by atoms with E-state index in [9.17, 15) is 12.6 Å². The fourth-order valence-electron chi connectivity index (χ4n) is 3.64. The molecular weight excluding hydrogens is 440 g/mol. The van der Waals surface area contributed by atoms with E-state index in [1.165, 1.54) is 6.07 Å². The Bertz CT molecular complexity index is 1330. The van der Waals surface area contributed by atoms with E-state index in [2.05, 4.69) is 20.6 Å². The second-order valence-corrected chi connectivity index (χ2v) is 10.4. The van der Waals surface area contributed by atoms with Crippen LogP contribution in [0.2, 0.25) is 0 Å². The molecular formula is C18H22N8O3S2. The van der Waals surface area contributed by atoms with Gasteiger partial charge in [0.15, 0.2) is 11.8 Å². The number of rotatable bonds is 6. The molecule has 2 aromatic carbocycles. The third-order valence-electron chi connectivity index (χ3n) is 5.24. The Morgan fingerprint density at radius 1 is 1.23 bits per heavy atom. The van der Waals surface area contributed by atoms with Gasteiger partial charge in [0.1, 0.15) is 4.90 Å². The van der Waals surface area contributed by atoms with Crippen LogP contribution < -0.4 is 28.0 Å². The lowest BCUT2D eigenvalue weighted by Crippen LogP contribution is -2.30. The quantitative estimate of drug-likeness (QED) is 0.129. The molecule has 1 aliphatic carbocycles. The van der Waals surface area contributed by atoms with Crippen LogP contribution in [-0.4, -0.2) is 33.7 Å². The lowest BCUT2D eigenvalue weighted by Gasteiger charge is -2.26. The number of nitrogens with zero attached hydrogens (tertiary/aromatic N) is 2. The highest BCUT2D eigenvalue weighted by Crippen LogP contribution is 2.38. The van der Waals surface area contributed by atoms with Gasteiger partial charge in [-0.05, 0) is 30.5 Å². The number of anilines is 1. The number of H-pyrrole nitrogens is 1. The van der Waals surface area contributed by atoms with Crippen LogP contribution in [0, 0.1) is 0 Å². The molecule has 0 radical (unpaired) electrons. The van der Waals surface area contributed by atoms with Crippen molar-refractivity contribution in [3.63, 3.8) is 0 Å². The van der Waals surface area contributed by atoms with Crippen LogP contribution in [0.1, 0.15) is 24.8 Å². The number of para-hydroxylation sites is 1. The van der Waals surface area contributed by atoms with Crippen molar-refractivity contribution in [1.29, 1.82) is 0 Å². The standard InChI is InChI=1S/C18H22N8O3S2/c19-17(25-26-21)14-10(11-5-2-6-12-15(11)24-18(20)23-12)7-8-13(16(14)31(22,28)29)30(27)9-3-1-4-9/h2,5-9,26H,1,3-4,21H2,(H2,19,25)(H3,20,23,24)(H2,22,28,29). The van der Waals surface area contributed by atoms with E-state index in [1.54, 1.807) is 24.3 Å². The van der Waals surface area contributed by atoms with E-state index in [0.717, 1.165) is 19.3 Å². The number of aromatic amines is 1. The van der Waals surface area contributed by atoms with Gasteiger partial charge in [-0.15, -0.1) is 5.10 Å². The first kappa shape index (κ1) is 21.2. The summed E-state index contributed by atoms with van der Waals surface area (Å²) < 4.78 is 38.5. The fraction of sp³-hybridized carbons (Fsp3) is 0.222. The van der Waals surface area contributed by atoms with Gasteiger partial charge in [0.2, 0.25) is 10.0 Å². The third kappa shape index (κ3) is 3.76. The molecule has 31 heavy (non-hydrogen) atoms. The normalized spacial score (nSPS) is 16.3. The number of imidazole rings is 1. The van der Waals surface area contributed by atoms with Gasteiger partial charge in [0.25, 0.3) is 0 Å². The molecule has 10 N–H and O–H groups in total. The number of nitrogens with two attached hydrogens (primary N) is 4. The van der Waals surface area contributed by atoms with Gasteiger partial charge in [0.05, 0.1) is 26.7 Å². The zero-order valence-corrected chi connectivity index (χ0v) is 18.0. The first-order valence-electron chi connectivity index (χ1n) is 9.36. The third-order valence-corrected chi connectivity index (χ3v) is 8.21. The molecule has 1 fully saturated rings. The number of amidine groups is 1. The summed E-state index contributed by atoms with van der Waals surface area (Å²) in [5.41, 5.74) is 16.1. The van der Waals surface area contributed by atoms with Crippen molar-refractivity contribution in [3.05, 3.63) is 35.9 Å². The molecule has 3 aromatic rings.